The Morgan fingerprint density at radius 3 is 1.65 bits per heavy atom. The standard InChI is InChI=1S/C28H25F2N3O5S.C21H21N3O5S/c1-32(39(3,35)36)26-21-5-4-12-31-25(21)27(38-16-17-6-10-20(37-2)11-7-17)24-22(26)15-33(28(24)34)14-18-8-9-19(29)13-23(18)30;1-24(30(3,26)27)19-15-5-4-10-22-18(15)20(17-16(19)11-23-21(17)25)29-12-13-6-8-14(28-2)9-7-13/h4-13H,14-16H2,1-3H3;4-10H,11-12H2,1-3H3,(H,23,25). The third kappa shape index (κ3) is 9.62. The maximum atomic E-state index is 14.5. The molecule has 0 bridgehead atoms. The van der Waals surface area contributed by atoms with Crippen molar-refractivity contribution in [1.29, 1.82) is 0 Å². The Hall–Kier alpha value is -7.58. The van der Waals surface area contributed by atoms with Crippen LogP contribution in [0.5, 0.6) is 23.0 Å². The molecule has 20 heteroatoms. The van der Waals surface area contributed by atoms with E-state index in [-0.39, 0.29) is 55.6 Å². The Morgan fingerprint density at radius 1 is 0.681 bits per heavy atom. The minimum absolute atomic E-state index is 0.0100. The van der Waals surface area contributed by atoms with E-state index in [0.717, 1.165) is 45.8 Å². The number of halogens is 2. The van der Waals surface area contributed by atoms with Gasteiger partial charge >= 0.3 is 0 Å². The minimum Gasteiger partial charge on any atom is -0.497 e. The van der Waals surface area contributed by atoms with E-state index in [1.807, 2.05) is 36.4 Å². The van der Waals surface area contributed by atoms with Crippen molar-refractivity contribution in [3.8, 4) is 23.0 Å². The van der Waals surface area contributed by atoms with Crippen molar-refractivity contribution >= 4 is 65.0 Å². The van der Waals surface area contributed by atoms with Crippen molar-refractivity contribution in [3.63, 3.8) is 0 Å². The second-order valence-corrected chi connectivity index (χ2v) is 20.2. The van der Waals surface area contributed by atoms with Gasteiger partial charge in [0.05, 0.1) is 49.2 Å². The van der Waals surface area contributed by atoms with Crippen molar-refractivity contribution in [2.24, 2.45) is 0 Å². The molecule has 0 saturated carbocycles. The van der Waals surface area contributed by atoms with Gasteiger partial charge in [0.25, 0.3) is 11.8 Å². The molecule has 358 valence electrons. The number of fused-ring (bicyclic) bond motifs is 4. The lowest BCUT2D eigenvalue weighted by atomic mass is 10.0. The summed E-state index contributed by atoms with van der Waals surface area (Å²) < 4.78 is 103. The highest BCUT2D eigenvalue weighted by Crippen LogP contribution is 2.46. The summed E-state index contributed by atoms with van der Waals surface area (Å²) in [6.45, 7) is 0.375. The number of benzene rings is 5. The van der Waals surface area contributed by atoms with Gasteiger partial charge in [-0.3, -0.25) is 28.2 Å². The van der Waals surface area contributed by atoms with Gasteiger partial charge in [-0.05, 0) is 65.7 Å². The lowest BCUT2D eigenvalue weighted by molar-refractivity contribution is 0.0761. The van der Waals surface area contributed by atoms with Gasteiger partial charge in [-0.15, -0.1) is 0 Å². The average molecular weight is 981 g/mol. The third-order valence-corrected chi connectivity index (χ3v) is 14.1. The molecule has 16 nitrogen and oxygen atoms in total. The first-order valence-electron chi connectivity index (χ1n) is 21.2. The summed E-state index contributed by atoms with van der Waals surface area (Å²) in [5, 5.41) is 3.86. The zero-order chi connectivity index (χ0) is 49.4. The molecule has 0 spiro atoms. The van der Waals surface area contributed by atoms with Crippen LogP contribution in [0.15, 0.2) is 103 Å². The van der Waals surface area contributed by atoms with Crippen molar-refractivity contribution < 1.29 is 54.2 Å². The number of anilines is 2. The maximum absolute atomic E-state index is 14.5. The molecule has 9 rings (SSSR count). The molecule has 2 aliphatic heterocycles. The van der Waals surface area contributed by atoms with Gasteiger partial charge in [0.1, 0.15) is 47.4 Å². The van der Waals surface area contributed by atoms with Crippen molar-refractivity contribution in [3.05, 3.63) is 154 Å². The van der Waals surface area contributed by atoms with Crippen molar-refractivity contribution in [2.75, 3.05) is 49.4 Å². The first-order valence-corrected chi connectivity index (χ1v) is 24.9. The number of nitrogens with zero attached hydrogens (tertiary/aromatic N) is 5. The fourth-order valence-electron chi connectivity index (χ4n) is 8.17. The lowest BCUT2D eigenvalue weighted by Crippen LogP contribution is -2.26. The molecule has 69 heavy (non-hydrogen) atoms. The van der Waals surface area contributed by atoms with Gasteiger partial charge in [-0.25, -0.2) is 25.6 Å². The third-order valence-electron chi connectivity index (χ3n) is 11.8. The smallest absolute Gasteiger partial charge is 0.258 e. The van der Waals surface area contributed by atoms with Gasteiger partial charge in [0.2, 0.25) is 20.0 Å². The molecule has 4 heterocycles. The van der Waals surface area contributed by atoms with Gasteiger partial charge < -0.3 is 29.2 Å². The van der Waals surface area contributed by atoms with E-state index in [9.17, 15) is 35.2 Å². The summed E-state index contributed by atoms with van der Waals surface area (Å²) in [6.07, 6.45) is 5.31. The normalized spacial score (nSPS) is 13.1. The Balaban J connectivity index is 0.000000192. The highest BCUT2D eigenvalue weighted by Gasteiger charge is 2.38. The predicted molar refractivity (Wildman–Crippen MR) is 256 cm³/mol. The zero-order valence-corrected chi connectivity index (χ0v) is 39.9. The fraction of sp³-hybridized carbons (Fsp3) is 0.224. The van der Waals surface area contributed by atoms with Gasteiger partial charge in [0, 0.05) is 79.7 Å². The highest BCUT2D eigenvalue weighted by atomic mass is 32.2. The number of amides is 2. The molecule has 0 radical (unpaired) electrons. The van der Waals surface area contributed by atoms with Crippen LogP contribution >= 0.6 is 0 Å². The van der Waals surface area contributed by atoms with Crippen LogP contribution in [-0.2, 0) is 52.9 Å². The largest absolute Gasteiger partial charge is 0.497 e. The second kappa shape index (κ2) is 19.2. The van der Waals surface area contributed by atoms with Crippen LogP contribution in [0, 0.1) is 11.6 Å². The number of hydrogen-bond donors (Lipinski definition) is 1. The number of ether oxygens (including phenoxy) is 4. The molecule has 5 aromatic carbocycles. The number of rotatable bonds is 14. The first-order chi connectivity index (χ1) is 32.9. The maximum Gasteiger partial charge on any atom is 0.258 e. The summed E-state index contributed by atoms with van der Waals surface area (Å²) >= 11 is 0. The average Bonchev–Trinajstić information content (AvgIpc) is 3.87. The van der Waals surface area contributed by atoms with Gasteiger partial charge in [-0.1, -0.05) is 30.3 Å². The van der Waals surface area contributed by atoms with Crippen LogP contribution in [0.4, 0.5) is 20.2 Å². The van der Waals surface area contributed by atoms with E-state index in [2.05, 4.69) is 15.3 Å². The SMILES string of the molecule is COc1ccc(COc2c3c(c(N(C)S(C)(=O)=O)c4cccnc24)CN(Cc2ccc(F)cc2F)C3=O)cc1.COc1ccc(COc2c3c(c(N(C)S(C)(=O)=O)c4cccnc24)CNC3=O)cc1. The molecule has 2 aliphatic rings. The number of hydrogen-bond acceptors (Lipinski definition) is 12. The van der Waals surface area contributed by atoms with Crippen molar-refractivity contribution in [2.45, 2.75) is 32.8 Å². The van der Waals surface area contributed by atoms with Gasteiger partial charge in [-0.2, -0.15) is 0 Å². The van der Waals surface area contributed by atoms with Crippen molar-refractivity contribution in [1.82, 2.24) is 20.2 Å². The Kier molecular flexibility index (Phi) is 13.3. The molecule has 0 fully saturated rings. The molecule has 0 atom stereocenters. The molecule has 2 aromatic heterocycles. The Bertz CT molecular complexity index is 3380. The summed E-state index contributed by atoms with van der Waals surface area (Å²) in [4.78, 5) is 36.7. The summed E-state index contributed by atoms with van der Waals surface area (Å²) in [5.41, 5.74) is 4.78. The van der Waals surface area contributed by atoms with Crippen LogP contribution in [0.2, 0.25) is 0 Å². The highest BCUT2D eigenvalue weighted by molar-refractivity contribution is 7.92. The predicted octanol–water partition coefficient (Wildman–Crippen LogP) is 7.11. The Labute approximate surface area is 397 Å². The number of nitrogens with one attached hydrogen (secondary N) is 1. The zero-order valence-electron chi connectivity index (χ0n) is 38.2. The number of pyridine rings is 2. The number of aromatic nitrogens is 2. The molecule has 0 saturated heterocycles. The van der Waals surface area contributed by atoms with E-state index in [4.69, 9.17) is 18.9 Å². The van der Waals surface area contributed by atoms with Crippen LogP contribution in [0.3, 0.4) is 0 Å². The molecule has 0 unspecified atom stereocenters. The van der Waals surface area contributed by atoms with E-state index in [1.54, 1.807) is 56.8 Å². The summed E-state index contributed by atoms with van der Waals surface area (Å²) in [5.74, 6) is -0.338. The van der Waals surface area contributed by atoms with E-state index in [1.165, 1.54) is 35.6 Å². The van der Waals surface area contributed by atoms with Crippen LogP contribution < -0.4 is 32.9 Å². The number of carbonyl (C=O) groups is 2. The van der Waals surface area contributed by atoms with Crippen LogP contribution in [0.25, 0.3) is 21.8 Å². The van der Waals surface area contributed by atoms with E-state index < -0.39 is 37.6 Å². The lowest BCUT2D eigenvalue weighted by Gasteiger charge is -2.23. The van der Waals surface area contributed by atoms with E-state index in [0.29, 0.717) is 61.4 Å². The number of carbonyl (C=O) groups excluding carboxylic acids is 2. The Morgan fingerprint density at radius 2 is 1.17 bits per heavy atom. The fourth-order valence-corrected chi connectivity index (χ4v) is 9.25. The molecule has 7 aromatic rings. The topological polar surface area (TPSA) is 187 Å². The molecular weight excluding hydrogens is 935 g/mol. The quantitative estimate of drug-likeness (QED) is 0.117. The number of methoxy groups -OCH3 is 2. The molecule has 0 aliphatic carbocycles. The summed E-state index contributed by atoms with van der Waals surface area (Å²) in [7, 11) is -1.24. The number of sulfonamides is 2. The van der Waals surface area contributed by atoms with Crippen LogP contribution in [-0.4, -0.2) is 84.3 Å². The van der Waals surface area contributed by atoms with Crippen LogP contribution in [0.1, 0.15) is 48.5 Å². The molecule has 2 amide bonds. The monoisotopic (exact) mass is 980 g/mol. The summed E-state index contributed by atoms with van der Waals surface area (Å²) in [6, 6.07) is 24.7. The molecular formula is C49H46F2N6O10S2. The second-order valence-electron chi connectivity index (χ2n) is 16.2. The van der Waals surface area contributed by atoms with E-state index >= 15 is 0 Å². The minimum atomic E-state index is -3.73. The van der Waals surface area contributed by atoms with Gasteiger partial charge in [0.15, 0.2) is 11.5 Å². The molecule has 1 N–H and O–H groups in total. The first kappa shape index (κ1) is 47.9.